The third-order valence-corrected chi connectivity index (χ3v) is 7.84. The number of hydrogen-bond acceptors (Lipinski definition) is 11. The van der Waals surface area contributed by atoms with Crippen LogP contribution in [0.4, 0.5) is 5.69 Å². The molecule has 14 nitrogen and oxygen atoms in total. The van der Waals surface area contributed by atoms with Crippen LogP contribution in [0.15, 0.2) is 55.1 Å². The second-order valence-corrected chi connectivity index (χ2v) is 12.0. The van der Waals surface area contributed by atoms with Gasteiger partial charge in [0.2, 0.25) is 11.7 Å². The molecule has 2 atom stereocenters. The van der Waals surface area contributed by atoms with Crippen LogP contribution in [0.2, 0.25) is 0 Å². The molecule has 2 aromatic carbocycles. The van der Waals surface area contributed by atoms with Crippen LogP contribution in [-0.4, -0.2) is 92.0 Å². The third kappa shape index (κ3) is 10.9. The smallest absolute Gasteiger partial charge is 0.330 e. The zero-order valence-corrected chi connectivity index (χ0v) is 28.1. The maximum Gasteiger partial charge on any atom is 0.330 e. The number of nitrogens with one attached hydrogen (secondary N) is 2. The van der Waals surface area contributed by atoms with Gasteiger partial charge in [0.1, 0.15) is 18.8 Å². The van der Waals surface area contributed by atoms with Crippen LogP contribution in [0.3, 0.4) is 0 Å². The quantitative estimate of drug-likeness (QED) is 0.126. The molecule has 1 saturated heterocycles. The molecular formula is C35H43N3O11. The maximum atomic E-state index is 13.8. The van der Waals surface area contributed by atoms with Crippen molar-refractivity contribution in [1.82, 2.24) is 10.2 Å². The third-order valence-electron chi connectivity index (χ3n) is 7.84. The summed E-state index contributed by atoms with van der Waals surface area (Å²) in [5.41, 5.74) is 0.402. The Morgan fingerprint density at radius 1 is 1.06 bits per heavy atom. The van der Waals surface area contributed by atoms with Gasteiger partial charge in [-0.15, -0.1) is 0 Å². The van der Waals surface area contributed by atoms with Gasteiger partial charge in [-0.1, -0.05) is 24.8 Å². The topological polar surface area (TPSA) is 187 Å². The molecule has 1 aliphatic rings. The molecule has 1 heterocycles. The Morgan fingerprint density at radius 3 is 2.47 bits per heavy atom. The van der Waals surface area contributed by atoms with Gasteiger partial charge in [-0.3, -0.25) is 19.2 Å². The van der Waals surface area contributed by atoms with E-state index >= 15 is 0 Å². The van der Waals surface area contributed by atoms with Crippen LogP contribution < -0.4 is 20.1 Å². The SMILES string of the molecule is C=CC(=O)OCC(C)(C)C(=O)C(=O)N1CCNC[C@H]1C(=O)O[C@H](CCc1ccc(OC)c(OC)c1)c1cccc(NC(=O)CCC(=O)O)c1. The van der Waals surface area contributed by atoms with Gasteiger partial charge in [-0.25, -0.2) is 9.59 Å². The monoisotopic (exact) mass is 681 g/mol. The summed E-state index contributed by atoms with van der Waals surface area (Å²) in [4.78, 5) is 76.6. The molecule has 14 heteroatoms. The van der Waals surface area contributed by atoms with Crippen LogP contribution >= 0.6 is 0 Å². The number of carbonyl (C=O) groups excluding carboxylic acids is 5. The molecule has 1 aliphatic heterocycles. The summed E-state index contributed by atoms with van der Waals surface area (Å²) in [7, 11) is 3.05. The van der Waals surface area contributed by atoms with Crippen molar-refractivity contribution >= 4 is 41.2 Å². The Labute approximate surface area is 284 Å². The number of hydrogen-bond donors (Lipinski definition) is 3. The van der Waals surface area contributed by atoms with Crippen molar-refractivity contribution in [2.24, 2.45) is 5.41 Å². The molecule has 49 heavy (non-hydrogen) atoms. The standard InChI is InChI=1S/C35H43N3O11/c1-6-31(42)48-21-35(2,3)32(43)33(44)38-17-16-36-20-25(38)34(45)49-26(12-10-22-11-13-27(46-4)28(18-22)47-5)23-8-7-9-24(19-23)37-29(39)14-15-30(40)41/h6-9,11,13,18-19,25-26,36H,1,10,12,14-17,20-21H2,2-5H3,(H,37,39)(H,40,41)/t25-,26+/m0/s1. The zero-order chi connectivity index (χ0) is 36.1. The number of piperazine rings is 1. The molecule has 264 valence electrons. The summed E-state index contributed by atoms with van der Waals surface area (Å²) in [6, 6.07) is 10.9. The van der Waals surface area contributed by atoms with E-state index in [0.29, 0.717) is 35.7 Å². The van der Waals surface area contributed by atoms with Crippen LogP contribution in [0, 0.1) is 5.41 Å². The van der Waals surface area contributed by atoms with Crippen LogP contribution in [-0.2, 0) is 44.7 Å². The number of amides is 2. The molecule has 1 fully saturated rings. The van der Waals surface area contributed by atoms with Gasteiger partial charge in [0.15, 0.2) is 11.5 Å². The highest BCUT2D eigenvalue weighted by Gasteiger charge is 2.42. The van der Waals surface area contributed by atoms with Crippen LogP contribution in [0.5, 0.6) is 11.5 Å². The van der Waals surface area contributed by atoms with Crippen molar-refractivity contribution in [1.29, 1.82) is 0 Å². The Balaban J connectivity index is 1.86. The van der Waals surface area contributed by atoms with E-state index in [2.05, 4.69) is 17.2 Å². The minimum atomic E-state index is -1.37. The summed E-state index contributed by atoms with van der Waals surface area (Å²) >= 11 is 0. The number of carbonyl (C=O) groups is 6. The van der Waals surface area contributed by atoms with E-state index in [0.717, 1.165) is 11.6 Å². The zero-order valence-electron chi connectivity index (χ0n) is 28.1. The normalized spacial score (nSPS) is 14.9. The van der Waals surface area contributed by atoms with Crippen LogP contribution in [0.1, 0.15) is 50.3 Å². The van der Waals surface area contributed by atoms with E-state index in [9.17, 15) is 28.8 Å². The molecule has 0 unspecified atom stereocenters. The Kier molecular flexibility index (Phi) is 13.9. The van der Waals surface area contributed by atoms with Gasteiger partial charge < -0.3 is 39.6 Å². The highest BCUT2D eigenvalue weighted by atomic mass is 16.5. The number of anilines is 1. The molecule has 3 rings (SSSR count). The average Bonchev–Trinajstić information content (AvgIpc) is 3.10. The van der Waals surface area contributed by atoms with E-state index in [-0.39, 0.29) is 39.0 Å². The van der Waals surface area contributed by atoms with E-state index < -0.39 is 53.1 Å². The van der Waals surface area contributed by atoms with Gasteiger partial charge >= 0.3 is 17.9 Å². The van der Waals surface area contributed by atoms with Gasteiger partial charge in [0, 0.05) is 37.8 Å². The predicted octanol–water partition coefficient (Wildman–Crippen LogP) is 2.85. The van der Waals surface area contributed by atoms with Crippen molar-refractivity contribution in [3.8, 4) is 11.5 Å². The molecule has 0 aromatic heterocycles. The lowest BCUT2D eigenvalue weighted by Crippen LogP contribution is -2.60. The fraction of sp³-hybridized carbons (Fsp3) is 0.429. The molecule has 0 radical (unpaired) electrons. The van der Waals surface area contributed by atoms with Crippen molar-refractivity contribution in [2.75, 3.05) is 45.8 Å². The maximum absolute atomic E-state index is 13.8. The first-order valence-electron chi connectivity index (χ1n) is 15.7. The largest absolute Gasteiger partial charge is 0.493 e. The average molecular weight is 682 g/mol. The number of ketones is 1. The van der Waals surface area contributed by atoms with Gasteiger partial charge in [-0.05, 0) is 62.1 Å². The van der Waals surface area contributed by atoms with Crippen LogP contribution in [0.25, 0.3) is 0 Å². The molecule has 3 N–H and O–H groups in total. The highest BCUT2D eigenvalue weighted by Crippen LogP contribution is 2.31. The van der Waals surface area contributed by atoms with Crippen molar-refractivity contribution in [2.45, 2.75) is 51.7 Å². The highest BCUT2D eigenvalue weighted by molar-refractivity contribution is 6.38. The number of carboxylic acid groups (broad SMARTS) is 1. The lowest BCUT2D eigenvalue weighted by molar-refractivity contribution is -0.164. The first-order valence-corrected chi connectivity index (χ1v) is 15.7. The minimum absolute atomic E-state index is 0.0335. The molecule has 0 bridgehead atoms. The lowest BCUT2D eigenvalue weighted by Gasteiger charge is -2.36. The Morgan fingerprint density at radius 2 is 1.80 bits per heavy atom. The summed E-state index contributed by atoms with van der Waals surface area (Å²) in [5.74, 6) is -3.75. The number of aliphatic carboxylic acids is 1. The number of ether oxygens (including phenoxy) is 4. The number of rotatable bonds is 17. The second kappa shape index (κ2) is 17.8. The van der Waals surface area contributed by atoms with Gasteiger partial charge in [0.25, 0.3) is 5.91 Å². The minimum Gasteiger partial charge on any atom is -0.493 e. The first-order chi connectivity index (χ1) is 23.3. The number of Topliss-reactive ketones (excluding diaryl/α,β-unsaturated/α-hetero) is 1. The van der Waals surface area contributed by atoms with Crippen molar-refractivity contribution < 1.29 is 52.8 Å². The number of esters is 2. The molecule has 2 amide bonds. The fourth-order valence-corrected chi connectivity index (χ4v) is 5.06. The number of carboxylic acids is 1. The molecule has 0 saturated carbocycles. The number of methoxy groups -OCH3 is 2. The lowest BCUT2D eigenvalue weighted by atomic mass is 9.88. The van der Waals surface area contributed by atoms with Gasteiger partial charge in [-0.2, -0.15) is 0 Å². The Hall–Kier alpha value is -5.24. The Bertz CT molecular complexity index is 1550. The number of nitrogens with zero attached hydrogens (tertiary/aromatic N) is 1. The molecular weight excluding hydrogens is 638 g/mol. The molecule has 2 aromatic rings. The first kappa shape index (κ1) is 38.2. The number of aryl methyl sites for hydroxylation is 1. The summed E-state index contributed by atoms with van der Waals surface area (Å²) in [5, 5.41) is 14.7. The van der Waals surface area contributed by atoms with E-state index in [1.807, 2.05) is 12.1 Å². The van der Waals surface area contributed by atoms with E-state index in [4.69, 9.17) is 24.1 Å². The van der Waals surface area contributed by atoms with E-state index in [1.165, 1.54) is 33.0 Å². The van der Waals surface area contributed by atoms with E-state index in [1.54, 1.807) is 30.3 Å². The summed E-state index contributed by atoms with van der Waals surface area (Å²) in [6.07, 6.45) is 0.251. The second-order valence-electron chi connectivity index (χ2n) is 12.0. The summed E-state index contributed by atoms with van der Waals surface area (Å²) in [6.45, 7) is 6.33. The molecule has 0 spiro atoms. The molecule has 0 aliphatic carbocycles. The fourth-order valence-electron chi connectivity index (χ4n) is 5.06. The summed E-state index contributed by atoms with van der Waals surface area (Å²) < 4.78 is 21.8. The number of benzene rings is 2. The van der Waals surface area contributed by atoms with Gasteiger partial charge in [0.05, 0.1) is 26.1 Å². The van der Waals surface area contributed by atoms with Crippen molar-refractivity contribution in [3.05, 3.63) is 66.2 Å². The predicted molar refractivity (Wildman–Crippen MR) is 177 cm³/mol. The van der Waals surface area contributed by atoms with Crippen molar-refractivity contribution in [3.63, 3.8) is 0 Å².